The van der Waals surface area contributed by atoms with Crippen molar-refractivity contribution in [2.24, 2.45) is 0 Å². The Hall–Kier alpha value is -4.06. The number of fused-ring (bicyclic) bond motifs is 4. The minimum atomic E-state index is -1.37. The number of ether oxygens (including phenoxy) is 2. The van der Waals surface area contributed by atoms with Crippen LogP contribution in [0.3, 0.4) is 0 Å². The number of hydrogen-bond acceptors (Lipinski definition) is 10. The molecule has 0 saturated carbocycles. The zero-order chi connectivity index (χ0) is 43.4. The maximum Gasteiger partial charge on any atom is 0.414 e. The number of anilines is 2. The molecule has 4 aromatic carbocycles. The summed E-state index contributed by atoms with van der Waals surface area (Å²) in [5, 5.41) is 21.4. The Kier molecular flexibility index (Phi) is 12.2. The zero-order valence-electron chi connectivity index (χ0n) is 33.9. The van der Waals surface area contributed by atoms with Gasteiger partial charge in [-0.05, 0) is 89.1 Å². The third-order valence-corrected chi connectivity index (χ3v) is 13.9. The summed E-state index contributed by atoms with van der Waals surface area (Å²) in [5.41, 5.74) is 3.24. The number of carbonyl (C=O) groups excluding carboxylic acids is 4. The fourth-order valence-electron chi connectivity index (χ4n) is 7.66. The van der Waals surface area contributed by atoms with Gasteiger partial charge in [0.25, 0.3) is 11.8 Å². The van der Waals surface area contributed by atoms with E-state index >= 15 is 0 Å². The Bertz CT molecular complexity index is 2150. The van der Waals surface area contributed by atoms with E-state index in [0.717, 1.165) is 31.4 Å². The number of nitrogens with zero attached hydrogens (tertiary/aromatic N) is 4. The second-order valence-electron chi connectivity index (χ2n) is 16.6. The second kappa shape index (κ2) is 16.7. The van der Waals surface area contributed by atoms with Gasteiger partial charge < -0.3 is 29.5 Å². The largest absolute Gasteiger partial charge is 0.444 e. The summed E-state index contributed by atoms with van der Waals surface area (Å²) in [6.07, 6.45) is -3.67. The standard InChI is InChI=1S/2C22H23BrN2O4S/c2*1-21(2,3)29-20(28)25-18(26)13-30-22(25)16-11-15(23)9-10-17(16)24(19(22)27)12-14-7-5-4-6-8-14/h2*4-11,18,26H,12-13H2,1-3H3/t2*18-,22+/m00/s1. The van der Waals surface area contributed by atoms with Gasteiger partial charge in [0.1, 0.15) is 23.7 Å². The van der Waals surface area contributed by atoms with Gasteiger partial charge in [-0.25, -0.2) is 9.59 Å². The highest BCUT2D eigenvalue weighted by Gasteiger charge is 2.64. The molecule has 0 unspecified atom stereocenters. The van der Waals surface area contributed by atoms with Gasteiger partial charge >= 0.3 is 12.2 Å². The van der Waals surface area contributed by atoms with Crippen molar-refractivity contribution in [2.75, 3.05) is 21.3 Å². The molecule has 0 aromatic heterocycles. The lowest BCUT2D eigenvalue weighted by molar-refractivity contribution is -0.128. The molecule has 4 aliphatic rings. The van der Waals surface area contributed by atoms with Crippen LogP contribution in [-0.2, 0) is 41.9 Å². The molecule has 0 bridgehead atoms. The topological polar surface area (TPSA) is 140 Å². The molecule has 316 valence electrons. The third-order valence-electron chi connectivity index (χ3n) is 10.0. The van der Waals surface area contributed by atoms with Crippen LogP contribution < -0.4 is 9.80 Å². The van der Waals surface area contributed by atoms with Crippen LogP contribution in [-0.4, -0.2) is 79.2 Å². The Labute approximate surface area is 374 Å². The number of carbonyl (C=O) groups is 4. The molecule has 8 rings (SSSR count). The zero-order valence-corrected chi connectivity index (χ0v) is 38.7. The molecule has 16 heteroatoms. The third kappa shape index (κ3) is 8.18. The molecule has 0 radical (unpaired) electrons. The van der Waals surface area contributed by atoms with Crippen molar-refractivity contribution in [3.63, 3.8) is 0 Å². The number of aliphatic hydroxyl groups excluding tert-OH is 2. The van der Waals surface area contributed by atoms with Crippen molar-refractivity contribution in [1.82, 2.24) is 9.80 Å². The van der Waals surface area contributed by atoms with Crippen LogP contribution in [0, 0.1) is 0 Å². The molecule has 4 heterocycles. The molecule has 2 saturated heterocycles. The van der Waals surface area contributed by atoms with Crippen molar-refractivity contribution in [3.8, 4) is 0 Å². The number of halogens is 2. The average molecular weight is 983 g/mol. The Morgan fingerprint density at radius 2 is 0.983 bits per heavy atom. The lowest BCUT2D eigenvalue weighted by Crippen LogP contribution is -2.54. The van der Waals surface area contributed by atoms with Gasteiger partial charge in [0.2, 0.25) is 9.74 Å². The Balaban J connectivity index is 0.000000181. The normalized spacial score (nSPS) is 23.2. The molecule has 2 fully saturated rings. The molecule has 2 spiro atoms. The minimum Gasteiger partial charge on any atom is -0.444 e. The van der Waals surface area contributed by atoms with E-state index < -0.39 is 45.6 Å². The quantitative estimate of drug-likeness (QED) is 0.204. The van der Waals surface area contributed by atoms with Gasteiger partial charge in [-0.3, -0.25) is 19.4 Å². The van der Waals surface area contributed by atoms with Gasteiger partial charge in [0.05, 0.1) is 24.5 Å². The van der Waals surface area contributed by atoms with E-state index in [0.29, 0.717) is 24.2 Å². The molecule has 4 aromatic rings. The second-order valence-corrected chi connectivity index (χ2v) is 20.9. The predicted molar refractivity (Wildman–Crippen MR) is 240 cm³/mol. The van der Waals surface area contributed by atoms with Crippen LogP contribution in [0.25, 0.3) is 0 Å². The summed E-state index contributed by atoms with van der Waals surface area (Å²) in [4.78, 5) is 56.9. The molecule has 4 amide bonds. The SMILES string of the molecule is CC(C)(C)OC(=O)N1[C@@H](O)CS[C@]12C(=O)N(Cc1ccccc1)c1ccc(Br)cc12.CC(C)(C)OC(=O)N1[C@@H](O)CS[C@]12C(=O)N(Cc1ccccc1)c1ccc(Br)cc12. The van der Waals surface area contributed by atoms with Gasteiger partial charge in [0.15, 0.2) is 0 Å². The van der Waals surface area contributed by atoms with Crippen LogP contribution in [0.4, 0.5) is 21.0 Å². The van der Waals surface area contributed by atoms with Crippen molar-refractivity contribution >= 4 is 90.8 Å². The molecule has 0 aliphatic carbocycles. The van der Waals surface area contributed by atoms with Gasteiger partial charge in [-0.2, -0.15) is 0 Å². The molecule has 2 N–H and O–H groups in total. The van der Waals surface area contributed by atoms with Crippen molar-refractivity contribution in [2.45, 2.75) is 88.0 Å². The fourth-order valence-corrected chi connectivity index (χ4v) is 11.2. The summed E-state index contributed by atoms with van der Waals surface area (Å²) in [5.74, 6) is -0.0783. The number of thioether (sulfide) groups is 2. The number of hydrogen-bond donors (Lipinski definition) is 2. The molecule has 60 heavy (non-hydrogen) atoms. The highest BCUT2D eigenvalue weighted by Crippen LogP contribution is 2.58. The first kappa shape index (κ1) is 44.0. The summed E-state index contributed by atoms with van der Waals surface area (Å²) in [6, 6.07) is 30.6. The predicted octanol–water partition coefficient (Wildman–Crippen LogP) is 8.90. The lowest BCUT2D eigenvalue weighted by atomic mass is 10.1. The lowest BCUT2D eigenvalue weighted by Gasteiger charge is -2.35. The first-order chi connectivity index (χ1) is 28.3. The van der Waals surface area contributed by atoms with E-state index in [1.54, 1.807) is 51.3 Å². The number of aliphatic hydroxyl groups is 2. The Morgan fingerprint density at radius 3 is 1.32 bits per heavy atom. The average Bonchev–Trinajstić information content (AvgIpc) is 3.85. The highest BCUT2D eigenvalue weighted by molar-refractivity contribution is 9.10. The van der Waals surface area contributed by atoms with Crippen LogP contribution >= 0.6 is 55.4 Å². The van der Waals surface area contributed by atoms with Crippen LogP contribution in [0.2, 0.25) is 0 Å². The number of rotatable bonds is 4. The van der Waals surface area contributed by atoms with E-state index in [-0.39, 0.29) is 23.3 Å². The summed E-state index contributed by atoms with van der Waals surface area (Å²) < 4.78 is 12.7. The van der Waals surface area contributed by atoms with Crippen molar-refractivity contribution in [1.29, 1.82) is 0 Å². The molecule has 4 aliphatic heterocycles. The van der Waals surface area contributed by atoms with Crippen molar-refractivity contribution in [3.05, 3.63) is 128 Å². The molecular formula is C44H46Br2N4O8S2. The van der Waals surface area contributed by atoms with Gasteiger partial charge in [-0.1, -0.05) is 92.5 Å². The van der Waals surface area contributed by atoms with E-state index in [1.165, 1.54) is 33.3 Å². The molecule has 4 atom stereocenters. The first-order valence-electron chi connectivity index (χ1n) is 19.3. The van der Waals surface area contributed by atoms with Gasteiger partial charge in [-0.15, -0.1) is 23.5 Å². The van der Waals surface area contributed by atoms with E-state index in [2.05, 4.69) is 31.9 Å². The molecular weight excluding hydrogens is 936 g/mol. The van der Waals surface area contributed by atoms with Crippen LogP contribution in [0.5, 0.6) is 0 Å². The Morgan fingerprint density at radius 1 is 0.633 bits per heavy atom. The number of amides is 4. The number of benzene rings is 4. The minimum absolute atomic E-state index is 0.218. The molecule has 12 nitrogen and oxygen atoms in total. The van der Waals surface area contributed by atoms with Crippen molar-refractivity contribution < 1.29 is 38.9 Å². The monoisotopic (exact) mass is 980 g/mol. The van der Waals surface area contributed by atoms with Crippen LogP contribution in [0.15, 0.2) is 106 Å². The summed E-state index contributed by atoms with van der Waals surface area (Å²) in [6.45, 7) is 11.3. The summed E-state index contributed by atoms with van der Waals surface area (Å²) >= 11 is 9.49. The van der Waals surface area contributed by atoms with Crippen LogP contribution in [0.1, 0.15) is 63.8 Å². The smallest absolute Gasteiger partial charge is 0.414 e. The van der Waals surface area contributed by atoms with E-state index in [4.69, 9.17) is 9.47 Å². The first-order valence-corrected chi connectivity index (χ1v) is 22.8. The van der Waals surface area contributed by atoms with E-state index in [1.807, 2.05) is 97.1 Å². The highest BCUT2D eigenvalue weighted by atomic mass is 79.9. The van der Waals surface area contributed by atoms with Gasteiger partial charge in [0, 0.05) is 31.6 Å². The summed E-state index contributed by atoms with van der Waals surface area (Å²) in [7, 11) is 0. The maximum absolute atomic E-state index is 13.9. The maximum atomic E-state index is 13.9. The van der Waals surface area contributed by atoms with E-state index in [9.17, 15) is 29.4 Å². The fraction of sp³-hybridized carbons (Fsp3) is 0.364.